The summed E-state index contributed by atoms with van der Waals surface area (Å²) in [5.74, 6) is -0.0420. The Bertz CT molecular complexity index is 965. The molecule has 3 aromatic rings. The molecular formula is C20H17ClN2O3. The van der Waals surface area contributed by atoms with Crippen LogP contribution in [0.15, 0.2) is 60.9 Å². The molecule has 0 fully saturated rings. The van der Waals surface area contributed by atoms with Gasteiger partial charge in [-0.05, 0) is 37.3 Å². The van der Waals surface area contributed by atoms with E-state index in [9.17, 15) is 9.59 Å². The second-order valence-corrected chi connectivity index (χ2v) is 6.09. The maximum atomic E-state index is 12.7. The SMILES string of the molecule is COc1cc(-n2cccc2)c(Cl)cc1C(=O)Nc1cccc(C(C)=O)c1. The summed E-state index contributed by atoms with van der Waals surface area (Å²) in [5, 5.41) is 3.19. The Balaban J connectivity index is 1.93. The summed E-state index contributed by atoms with van der Waals surface area (Å²) < 4.78 is 7.21. The zero-order chi connectivity index (χ0) is 18.7. The van der Waals surface area contributed by atoms with E-state index in [1.54, 1.807) is 36.4 Å². The molecule has 0 saturated heterocycles. The number of carbonyl (C=O) groups excluding carboxylic acids is 2. The van der Waals surface area contributed by atoms with E-state index in [1.807, 2.05) is 29.1 Å². The highest BCUT2D eigenvalue weighted by Gasteiger charge is 2.17. The number of anilines is 1. The van der Waals surface area contributed by atoms with Crippen LogP contribution in [0.4, 0.5) is 5.69 Å². The molecule has 2 aromatic carbocycles. The van der Waals surface area contributed by atoms with Gasteiger partial charge in [-0.1, -0.05) is 23.7 Å². The van der Waals surface area contributed by atoms with Gasteiger partial charge in [0.1, 0.15) is 5.75 Å². The number of ether oxygens (including phenoxy) is 1. The third-order valence-corrected chi connectivity index (χ3v) is 4.23. The minimum Gasteiger partial charge on any atom is -0.496 e. The third-order valence-electron chi connectivity index (χ3n) is 3.92. The number of halogens is 1. The maximum Gasteiger partial charge on any atom is 0.259 e. The van der Waals surface area contributed by atoms with E-state index in [1.165, 1.54) is 14.0 Å². The van der Waals surface area contributed by atoms with E-state index in [0.717, 1.165) is 0 Å². The highest BCUT2D eigenvalue weighted by molar-refractivity contribution is 6.33. The van der Waals surface area contributed by atoms with Crippen LogP contribution in [0, 0.1) is 0 Å². The lowest BCUT2D eigenvalue weighted by Crippen LogP contribution is -2.14. The van der Waals surface area contributed by atoms with Crippen LogP contribution in [0.1, 0.15) is 27.6 Å². The van der Waals surface area contributed by atoms with Crippen LogP contribution in [0.2, 0.25) is 5.02 Å². The number of carbonyl (C=O) groups is 2. The lowest BCUT2D eigenvalue weighted by atomic mass is 10.1. The zero-order valence-corrected chi connectivity index (χ0v) is 15.1. The van der Waals surface area contributed by atoms with Crippen LogP contribution in [0.3, 0.4) is 0 Å². The Morgan fingerprint density at radius 1 is 1.08 bits per heavy atom. The number of ketones is 1. The second-order valence-electron chi connectivity index (χ2n) is 5.69. The minimum absolute atomic E-state index is 0.0715. The second kappa shape index (κ2) is 7.45. The van der Waals surface area contributed by atoms with Crippen molar-refractivity contribution >= 4 is 29.0 Å². The third kappa shape index (κ3) is 3.63. The largest absolute Gasteiger partial charge is 0.496 e. The first kappa shape index (κ1) is 17.8. The van der Waals surface area contributed by atoms with Crippen molar-refractivity contribution in [1.82, 2.24) is 4.57 Å². The highest BCUT2D eigenvalue weighted by atomic mass is 35.5. The molecule has 1 aromatic heterocycles. The number of nitrogens with one attached hydrogen (secondary N) is 1. The molecule has 26 heavy (non-hydrogen) atoms. The average Bonchev–Trinajstić information content (AvgIpc) is 3.16. The predicted molar refractivity (Wildman–Crippen MR) is 102 cm³/mol. The summed E-state index contributed by atoms with van der Waals surface area (Å²) in [5.41, 5.74) is 2.07. The fourth-order valence-corrected chi connectivity index (χ4v) is 2.86. The highest BCUT2D eigenvalue weighted by Crippen LogP contribution is 2.30. The Morgan fingerprint density at radius 3 is 2.46 bits per heavy atom. The van der Waals surface area contributed by atoms with Gasteiger partial charge < -0.3 is 14.6 Å². The number of rotatable bonds is 5. The molecular weight excluding hydrogens is 352 g/mol. The van der Waals surface area contributed by atoms with Crippen molar-refractivity contribution < 1.29 is 14.3 Å². The molecule has 0 radical (unpaired) electrons. The van der Waals surface area contributed by atoms with Gasteiger partial charge in [0.25, 0.3) is 5.91 Å². The van der Waals surface area contributed by atoms with Crippen molar-refractivity contribution in [2.24, 2.45) is 0 Å². The van der Waals surface area contributed by atoms with E-state index in [0.29, 0.717) is 33.3 Å². The van der Waals surface area contributed by atoms with Crippen LogP contribution in [-0.4, -0.2) is 23.4 Å². The van der Waals surface area contributed by atoms with Crippen LogP contribution in [0.5, 0.6) is 5.75 Å². The number of nitrogens with zero attached hydrogens (tertiary/aromatic N) is 1. The number of amides is 1. The summed E-state index contributed by atoms with van der Waals surface area (Å²) in [6, 6.07) is 13.8. The molecule has 0 spiro atoms. The topological polar surface area (TPSA) is 60.3 Å². The van der Waals surface area contributed by atoms with Crippen LogP contribution in [-0.2, 0) is 0 Å². The quantitative estimate of drug-likeness (QED) is 0.670. The van der Waals surface area contributed by atoms with Crippen molar-refractivity contribution in [3.8, 4) is 11.4 Å². The van der Waals surface area contributed by atoms with Gasteiger partial charge in [-0.3, -0.25) is 9.59 Å². The summed E-state index contributed by atoms with van der Waals surface area (Å²) >= 11 is 6.36. The normalized spacial score (nSPS) is 10.4. The van der Waals surface area contributed by atoms with Gasteiger partial charge in [-0.15, -0.1) is 0 Å². The molecule has 6 heteroatoms. The zero-order valence-electron chi connectivity index (χ0n) is 14.3. The fourth-order valence-electron chi connectivity index (χ4n) is 2.60. The smallest absolute Gasteiger partial charge is 0.259 e. The summed E-state index contributed by atoms with van der Waals surface area (Å²) in [4.78, 5) is 24.2. The van der Waals surface area contributed by atoms with Gasteiger partial charge in [0.15, 0.2) is 5.78 Å². The van der Waals surface area contributed by atoms with Crippen LogP contribution in [0.25, 0.3) is 5.69 Å². The number of benzene rings is 2. The molecule has 0 atom stereocenters. The minimum atomic E-state index is -0.372. The molecule has 132 valence electrons. The number of hydrogen-bond donors (Lipinski definition) is 1. The van der Waals surface area contributed by atoms with Gasteiger partial charge in [0, 0.05) is 29.7 Å². The molecule has 0 aliphatic rings. The van der Waals surface area contributed by atoms with Crippen LogP contribution < -0.4 is 10.1 Å². The molecule has 3 rings (SSSR count). The molecule has 0 aliphatic carbocycles. The van der Waals surface area contributed by atoms with E-state index >= 15 is 0 Å². The molecule has 1 N–H and O–H groups in total. The number of methoxy groups -OCH3 is 1. The Hall–Kier alpha value is -3.05. The Morgan fingerprint density at radius 2 is 1.81 bits per heavy atom. The number of Topliss-reactive ketones (excluding diaryl/α,β-unsaturated/α-hetero) is 1. The van der Waals surface area contributed by atoms with Crippen molar-refractivity contribution in [1.29, 1.82) is 0 Å². The standard InChI is InChI=1S/C20H17ClN2O3/c1-13(24)14-6-5-7-15(10-14)22-20(25)16-11-17(21)18(12-19(16)26-2)23-8-3-4-9-23/h3-12H,1-2H3,(H,22,25). The summed E-state index contributed by atoms with van der Waals surface area (Å²) in [6.45, 7) is 1.48. The van der Waals surface area contributed by atoms with Crippen molar-refractivity contribution in [3.05, 3.63) is 77.1 Å². The Labute approximate surface area is 156 Å². The first-order chi connectivity index (χ1) is 12.5. The average molecular weight is 369 g/mol. The summed E-state index contributed by atoms with van der Waals surface area (Å²) in [7, 11) is 1.50. The van der Waals surface area contributed by atoms with E-state index in [-0.39, 0.29) is 11.7 Å². The fraction of sp³-hybridized carbons (Fsp3) is 0.100. The van der Waals surface area contributed by atoms with Gasteiger partial charge >= 0.3 is 0 Å². The van der Waals surface area contributed by atoms with E-state index in [4.69, 9.17) is 16.3 Å². The molecule has 0 aliphatic heterocycles. The first-order valence-corrected chi connectivity index (χ1v) is 8.30. The first-order valence-electron chi connectivity index (χ1n) is 7.93. The molecule has 5 nitrogen and oxygen atoms in total. The van der Waals surface area contributed by atoms with Gasteiger partial charge in [0.2, 0.25) is 0 Å². The van der Waals surface area contributed by atoms with E-state index < -0.39 is 0 Å². The lowest BCUT2D eigenvalue weighted by molar-refractivity contribution is 0.101. The van der Waals surface area contributed by atoms with Gasteiger partial charge in [-0.2, -0.15) is 0 Å². The molecule has 0 saturated carbocycles. The van der Waals surface area contributed by atoms with Crippen molar-refractivity contribution in [3.63, 3.8) is 0 Å². The molecule has 0 unspecified atom stereocenters. The van der Waals surface area contributed by atoms with Crippen molar-refractivity contribution in [2.45, 2.75) is 6.92 Å². The predicted octanol–water partition coefficient (Wildman–Crippen LogP) is 4.59. The molecule has 1 heterocycles. The van der Waals surface area contributed by atoms with Crippen LogP contribution >= 0.6 is 11.6 Å². The molecule has 1 amide bonds. The van der Waals surface area contributed by atoms with E-state index in [2.05, 4.69) is 5.32 Å². The van der Waals surface area contributed by atoms with Crippen molar-refractivity contribution in [2.75, 3.05) is 12.4 Å². The summed E-state index contributed by atoms with van der Waals surface area (Å²) in [6.07, 6.45) is 3.71. The monoisotopic (exact) mass is 368 g/mol. The lowest BCUT2D eigenvalue weighted by Gasteiger charge is -2.14. The number of aromatic nitrogens is 1. The van der Waals surface area contributed by atoms with Gasteiger partial charge in [0.05, 0.1) is 23.4 Å². The number of hydrogen-bond acceptors (Lipinski definition) is 3. The Kier molecular flexibility index (Phi) is 5.09. The molecule has 0 bridgehead atoms. The van der Waals surface area contributed by atoms with Gasteiger partial charge in [-0.25, -0.2) is 0 Å². The maximum absolute atomic E-state index is 12.7.